The highest BCUT2D eigenvalue weighted by Crippen LogP contribution is 2.31. The molecule has 0 saturated heterocycles. The van der Waals surface area contributed by atoms with Crippen LogP contribution in [0.25, 0.3) is 0 Å². The first kappa shape index (κ1) is 22.8. The molecule has 12 nitrogen and oxygen atoms in total. The van der Waals surface area contributed by atoms with E-state index in [0.29, 0.717) is 23.6 Å². The quantitative estimate of drug-likeness (QED) is 0.171. The van der Waals surface area contributed by atoms with Gasteiger partial charge in [-0.1, -0.05) is 12.1 Å². The molecule has 31 heavy (non-hydrogen) atoms. The van der Waals surface area contributed by atoms with E-state index in [0.717, 1.165) is 16.7 Å². The third-order valence-electron chi connectivity index (χ3n) is 4.16. The van der Waals surface area contributed by atoms with Gasteiger partial charge in [-0.2, -0.15) is 19.5 Å². The summed E-state index contributed by atoms with van der Waals surface area (Å²) in [6.45, 7) is 3.59. The number of hydrogen-bond donors (Lipinski definition) is 3. The molecular weight excluding hydrogens is 448 g/mol. The lowest BCUT2D eigenvalue weighted by Gasteiger charge is -2.22. The van der Waals surface area contributed by atoms with Gasteiger partial charge >= 0.3 is 10.3 Å². The Balaban J connectivity index is 1.94. The summed E-state index contributed by atoms with van der Waals surface area (Å²) >= 11 is 0.586. The summed E-state index contributed by atoms with van der Waals surface area (Å²) in [5.74, 6) is 5.49. The first-order valence-electron chi connectivity index (χ1n) is 8.68. The molecule has 1 atom stereocenters. The van der Waals surface area contributed by atoms with Gasteiger partial charge in [-0.15, -0.1) is 19.5 Å². The second-order valence-electron chi connectivity index (χ2n) is 6.37. The Bertz CT molecular complexity index is 1130. The smallest absolute Gasteiger partial charge is 0.380 e. The van der Waals surface area contributed by atoms with Crippen molar-refractivity contribution in [1.82, 2.24) is 14.9 Å². The van der Waals surface area contributed by atoms with Gasteiger partial charge in [0, 0.05) is 0 Å². The fraction of sp³-hybridized carbons (Fsp3) is 0.176. The maximum atomic E-state index is 11.3. The summed E-state index contributed by atoms with van der Waals surface area (Å²) in [7, 11) is -4.13. The van der Waals surface area contributed by atoms with Gasteiger partial charge in [0.05, 0.1) is 6.04 Å². The predicted molar refractivity (Wildman–Crippen MR) is 112 cm³/mol. The van der Waals surface area contributed by atoms with E-state index in [1.54, 1.807) is 35.9 Å². The van der Waals surface area contributed by atoms with Crippen molar-refractivity contribution in [1.29, 1.82) is 0 Å². The molecule has 14 heteroatoms. The van der Waals surface area contributed by atoms with Crippen LogP contribution in [0.5, 0.6) is 11.5 Å². The molecule has 3 rings (SSSR count). The Labute approximate surface area is 183 Å². The molecule has 1 aromatic heterocycles. The van der Waals surface area contributed by atoms with E-state index in [-0.39, 0.29) is 11.8 Å². The second-order valence-corrected chi connectivity index (χ2v) is 7.96. The summed E-state index contributed by atoms with van der Waals surface area (Å²) in [5, 5.41) is 12.6. The van der Waals surface area contributed by atoms with E-state index in [1.807, 2.05) is 19.1 Å². The van der Waals surface area contributed by atoms with Crippen LogP contribution in [-0.4, -0.2) is 23.3 Å². The molecule has 0 radical (unpaired) electrons. The minimum Gasteiger partial charge on any atom is -0.398 e. The van der Waals surface area contributed by atoms with Gasteiger partial charge in [-0.3, -0.25) is 0 Å². The van der Waals surface area contributed by atoms with Crippen molar-refractivity contribution in [3.8, 4) is 11.5 Å². The number of aryl methyl sites for hydroxylation is 2. The van der Waals surface area contributed by atoms with E-state index in [4.69, 9.17) is 19.4 Å². The van der Waals surface area contributed by atoms with Crippen molar-refractivity contribution < 1.29 is 26.1 Å². The standard InChI is InChI=1S/C17H20N6O6S2/c1-11-7-13(3-5-15(11)26-30-29-28-18)17(22-23-9-20-21-10-23)14-4-6-16(12(2)8-14)27-31(19,24)25/h3-10,17,22H,18H2,1-2H3,(H2,19,24,25). The van der Waals surface area contributed by atoms with Crippen molar-refractivity contribution in [2.45, 2.75) is 19.9 Å². The fourth-order valence-corrected chi connectivity index (χ4v) is 3.60. The van der Waals surface area contributed by atoms with Crippen LogP contribution in [0, 0.1) is 13.8 Å². The second kappa shape index (κ2) is 9.95. The molecule has 0 fully saturated rings. The highest BCUT2D eigenvalue weighted by Gasteiger charge is 2.18. The van der Waals surface area contributed by atoms with E-state index >= 15 is 0 Å². The zero-order chi connectivity index (χ0) is 22.4. The summed E-state index contributed by atoms with van der Waals surface area (Å²) in [6, 6.07) is 10.3. The summed E-state index contributed by atoms with van der Waals surface area (Å²) in [6.07, 6.45) is 3.03. The van der Waals surface area contributed by atoms with Crippen LogP contribution in [0.4, 0.5) is 0 Å². The molecule has 0 amide bonds. The monoisotopic (exact) mass is 468 g/mol. The molecule has 0 spiro atoms. The molecule has 0 bridgehead atoms. The number of benzene rings is 2. The Morgan fingerprint density at radius 1 is 1.03 bits per heavy atom. The number of rotatable bonds is 10. The zero-order valence-corrected chi connectivity index (χ0v) is 18.1. The fourth-order valence-electron chi connectivity index (χ4n) is 2.84. The summed E-state index contributed by atoms with van der Waals surface area (Å²) < 4.78 is 38.7. The van der Waals surface area contributed by atoms with Crippen molar-refractivity contribution in [3.63, 3.8) is 0 Å². The number of nitrogens with one attached hydrogen (secondary N) is 1. The van der Waals surface area contributed by atoms with Gasteiger partial charge in [-0.05, 0) is 60.4 Å². The Morgan fingerprint density at radius 3 is 2.13 bits per heavy atom. The van der Waals surface area contributed by atoms with Crippen molar-refractivity contribution in [3.05, 3.63) is 71.3 Å². The molecule has 2 aromatic carbocycles. The average molecular weight is 469 g/mol. The van der Waals surface area contributed by atoms with Crippen LogP contribution in [0.15, 0.2) is 49.1 Å². The normalized spacial score (nSPS) is 12.4. The highest BCUT2D eigenvalue weighted by atomic mass is 32.2. The van der Waals surface area contributed by atoms with Gasteiger partial charge < -0.3 is 13.8 Å². The van der Waals surface area contributed by atoms with E-state index in [1.165, 1.54) is 12.7 Å². The molecule has 1 heterocycles. The van der Waals surface area contributed by atoms with Gasteiger partial charge in [0.1, 0.15) is 24.2 Å². The lowest BCUT2D eigenvalue weighted by Crippen LogP contribution is -2.22. The number of nitrogens with two attached hydrogens (primary N) is 2. The third-order valence-corrected chi connectivity index (χ3v) is 4.95. The van der Waals surface area contributed by atoms with Crippen molar-refractivity contribution in [2.75, 3.05) is 5.43 Å². The van der Waals surface area contributed by atoms with Crippen LogP contribution in [0.2, 0.25) is 0 Å². The maximum Gasteiger partial charge on any atom is 0.380 e. The molecule has 0 aliphatic carbocycles. The summed E-state index contributed by atoms with van der Waals surface area (Å²) in [5.41, 5.74) is 6.42. The first-order valence-corrected chi connectivity index (χ1v) is 10.8. The molecule has 0 aliphatic heterocycles. The molecule has 0 aliphatic rings. The van der Waals surface area contributed by atoms with Crippen LogP contribution in [0.3, 0.4) is 0 Å². The minimum atomic E-state index is -4.13. The van der Waals surface area contributed by atoms with Gasteiger partial charge in [0.25, 0.3) is 12.3 Å². The van der Waals surface area contributed by atoms with Crippen molar-refractivity contribution >= 4 is 22.6 Å². The lowest BCUT2D eigenvalue weighted by atomic mass is 9.96. The number of nitrogens with zero attached hydrogens (tertiary/aromatic N) is 3. The maximum absolute atomic E-state index is 11.3. The van der Waals surface area contributed by atoms with Gasteiger partial charge in [0.2, 0.25) is 0 Å². The molecule has 3 aromatic rings. The van der Waals surface area contributed by atoms with E-state index in [2.05, 4.69) is 24.9 Å². The topological polar surface area (TPSA) is 166 Å². The van der Waals surface area contributed by atoms with E-state index < -0.39 is 10.3 Å². The largest absolute Gasteiger partial charge is 0.398 e. The molecule has 166 valence electrons. The van der Waals surface area contributed by atoms with E-state index in [9.17, 15) is 8.42 Å². The Morgan fingerprint density at radius 2 is 1.61 bits per heavy atom. The molecule has 5 N–H and O–H groups in total. The highest BCUT2D eigenvalue weighted by molar-refractivity contribution is 7.90. The molecular formula is C17H20N6O6S2. The third kappa shape index (κ3) is 6.30. The van der Waals surface area contributed by atoms with Crippen LogP contribution < -0.4 is 24.8 Å². The van der Waals surface area contributed by atoms with Crippen molar-refractivity contribution in [2.24, 2.45) is 11.0 Å². The Kier molecular flexibility index (Phi) is 7.32. The minimum absolute atomic E-state index is 0.147. The zero-order valence-electron chi connectivity index (χ0n) is 16.5. The molecule has 0 saturated carbocycles. The number of hydrogen-bond acceptors (Lipinski definition) is 11. The average Bonchev–Trinajstić information content (AvgIpc) is 3.21. The predicted octanol–water partition coefficient (Wildman–Crippen LogP) is 1.57. The lowest BCUT2D eigenvalue weighted by molar-refractivity contribution is -0.199. The van der Waals surface area contributed by atoms with Crippen LogP contribution in [0.1, 0.15) is 28.3 Å². The molecule has 1 unspecified atom stereocenters. The van der Waals surface area contributed by atoms with Gasteiger partial charge in [0.15, 0.2) is 0 Å². The van der Waals surface area contributed by atoms with Gasteiger partial charge in [-0.25, -0.2) is 4.68 Å². The summed E-state index contributed by atoms with van der Waals surface area (Å²) in [4.78, 5) is 3.99. The number of aromatic nitrogens is 3. The SMILES string of the molecule is Cc1cc(C(Nn2cnnc2)c2ccc(OS(N)(=O)=O)c(C)c2)ccc1OSOON. The Hall–Kier alpha value is -2.88. The van der Waals surface area contributed by atoms with Crippen LogP contribution >= 0.6 is 12.3 Å². The first-order chi connectivity index (χ1) is 14.8. The van der Waals surface area contributed by atoms with Crippen LogP contribution in [-0.2, 0) is 19.6 Å².